The molecule has 0 aromatic rings. The Balaban J connectivity index is 1.66. The lowest BCUT2D eigenvalue weighted by Crippen LogP contribution is -2.62. The molecule has 258 valence electrons. The highest BCUT2D eigenvalue weighted by molar-refractivity contribution is 7.81. The van der Waals surface area contributed by atoms with Gasteiger partial charge in [-0.25, -0.2) is 12.5 Å². The van der Waals surface area contributed by atoms with Crippen LogP contribution in [0.2, 0.25) is 0 Å². The van der Waals surface area contributed by atoms with Gasteiger partial charge in [0.2, 0.25) is 0 Å². The molecule has 0 aliphatic heterocycles. The largest absolute Gasteiger partial charge is 0.397 e. The Labute approximate surface area is 264 Å². The van der Waals surface area contributed by atoms with Crippen molar-refractivity contribution in [2.45, 2.75) is 125 Å². The van der Waals surface area contributed by atoms with Gasteiger partial charge >= 0.3 is 31.2 Å². The molecule has 15 heteroatoms. The minimum atomic E-state index is -5.06. The summed E-state index contributed by atoms with van der Waals surface area (Å²) in [4.78, 5) is 0. The van der Waals surface area contributed by atoms with Crippen LogP contribution in [0.25, 0.3) is 0 Å². The van der Waals surface area contributed by atoms with Crippen molar-refractivity contribution < 1.29 is 51.5 Å². The van der Waals surface area contributed by atoms with E-state index in [1.165, 1.54) is 0 Å². The molecule has 0 spiro atoms. The van der Waals surface area contributed by atoms with Gasteiger partial charge in [-0.05, 0) is 109 Å². The lowest BCUT2D eigenvalue weighted by Gasteiger charge is -2.63. The molecule has 4 fully saturated rings. The fourth-order valence-corrected chi connectivity index (χ4v) is 11.7. The molecule has 12 nitrogen and oxygen atoms in total. The predicted molar refractivity (Wildman–Crippen MR) is 162 cm³/mol. The van der Waals surface area contributed by atoms with E-state index >= 15 is 0 Å². The molecule has 0 radical (unpaired) electrons. The van der Waals surface area contributed by atoms with Crippen molar-refractivity contribution in [3.05, 3.63) is 0 Å². The predicted octanol–water partition coefficient (Wildman–Crippen LogP) is 5.53. The Morgan fingerprint density at radius 3 is 1.77 bits per heavy atom. The second-order valence-electron chi connectivity index (χ2n) is 15.9. The third-order valence-corrected chi connectivity index (χ3v) is 14.1. The minimum Gasteiger partial charge on any atom is -0.264 e. The average Bonchev–Trinajstić information content (AvgIpc) is 3.17. The lowest BCUT2D eigenvalue weighted by molar-refractivity contribution is -0.184. The molecule has 44 heavy (non-hydrogen) atoms. The molecule has 4 rings (SSSR count). The normalized spacial score (nSPS) is 41.3. The van der Waals surface area contributed by atoms with Gasteiger partial charge in [-0.3, -0.25) is 13.7 Å². The molecule has 0 amide bonds. The van der Waals surface area contributed by atoms with Crippen molar-refractivity contribution >= 4 is 31.2 Å². The summed E-state index contributed by atoms with van der Waals surface area (Å²) in [7, 11) is -15.0. The monoisotopic (exact) mass is 688 g/mol. The van der Waals surface area contributed by atoms with E-state index in [9.17, 15) is 38.9 Å². The van der Waals surface area contributed by atoms with E-state index in [2.05, 4.69) is 41.5 Å². The van der Waals surface area contributed by atoms with Crippen LogP contribution in [0.4, 0.5) is 0 Å². The third-order valence-electron chi connectivity index (χ3n) is 12.7. The van der Waals surface area contributed by atoms with Crippen molar-refractivity contribution in [1.29, 1.82) is 0 Å². The van der Waals surface area contributed by atoms with Gasteiger partial charge in [0, 0.05) is 0 Å². The molecule has 0 bridgehead atoms. The van der Waals surface area contributed by atoms with Gasteiger partial charge in [0.25, 0.3) is 0 Å². The van der Waals surface area contributed by atoms with Gasteiger partial charge in [0.15, 0.2) is 0 Å². The highest BCUT2D eigenvalue weighted by Crippen LogP contribution is 2.69. The van der Waals surface area contributed by atoms with Crippen LogP contribution in [-0.2, 0) is 43.7 Å². The Morgan fingerprint density at radius 1 is 0.705 bits per heavy atom. The van der Waals surface area contributed by atoms with Gasteiger partial charge < -0.3 is 0 Å². The van der Waals surface area contributed by atoms with Gasteiger partial charge in [0.1, 0.15) is 12.2 Å². The number of fused-ring (bicyclic) bond motifs is 5. The van der Waals surface area contributed by atoms with Crippen molar-refractivity contribution in [3.8, 4) is 0 Å². The number of hydrogen-bond acceptors (Lipinski definition) is 9. The van der Waals surface area contributed by atoms with Crippen molar-refractivity contribution in [2.75, 3.05) is 0 Å². The molecule has 4 aliphatic rings. The summed E-state index contributed by atoms with van der Waals surface area (Å²) in [6.07, 6.45) is 1.92. The van der Waals surface area contributed by atoms with E-state index in [0.29, 0.717) is 24.2 Å². The molecule has 4 aliphatic carbocycles. The highest BCUT2D eigenvalue weighted by Gasteiger charge is 2.65. The van der Waals surface area contributed by atoms with Gasteiger partial charge in [0.05, 0.1) is 6.10 Å². The topological polar surface area (TPSA) is 191 Å². The first-order valence-corrected chi connectivity index (χ1v) is 19.9. The fraction of sp³-hybridized carbons (Fsp3) is 1.00. The van der Waals surface area contributed by atoms with Crippen molar-refractivity contribution in [2.24, 2.45) is 57.7 Å². The zero-order valence-electron chi connectivity index (χ0n) is 26.9. The first-order valence-electron chi connectivity index (χ1n) is 15.8. The van der Waals surface area contributed by atoms with Crippen LogP contribution in [-0.4, -0.2) is 57.2 Å². The van der Waals surface area contributed by atoms with Crippen LogP contribution < -0.4 is 0 Å². The number of hydrogen-bond donors (Lipinski definition) is 3. The highest BCUT2D eigenvalue weighted by atomic mass is 32.3. The lowest BCUT2D eigenvalue weighted by atomic mass is 9.43. The van der Waals surface area contributed by atoms with E-state index in [1.54, 1.807) is 0 Å². The third kappa shape index (κ3) is 7.83. The minimum absolute atomic E-state index is 0.00197. The molecule has 4 saturated carbocycles. The Bertz CT molecular complexity index is 1370. The molecule has 0 heterocycles. The smallest absolute Gasteiger partial charge is 0.264 e. The van der Waals surface area contributed by atoms with Crippen LogP contribution >= 0.6 is 0 Å². The summed E-state index contributed by atoms with van der Waals surface area (Å²) in [5, 5.41) is 0. The summed E-state index contributed by atoms with van der Waals surface area (Å²) >= 11 is 0. The summed E-state index contributed by atoms with van der Waals surface area (Å²) in [6.45, 7) is 15.7. The molecular formula is C29H52O12S3. The van der Waals surface area contributed by atoms with Crippen LogP contribution in [0.5, 0.6) is 0 Å². The molecule has 3 N–H and O–H groups in total. The Kier molecular flexibility index (Phi) is 10.1. The second kappa shape index (κ2) is 12.2. The van der Waals surface area contributed by atoms with E-state index < -0.39 is 60.8 Å². The van der Waals surface area contributed by atoms with Crippen LogP contribution in [0.3, 0.4) is 0 Å². The molecule has 0 aromatic heterocycles. The van der Waals surface area contributed by atoms with Gasteiger partial charge in [-0.1, -0.05) is 54.9 Å². The van der Waals surface area contributed by atoms with E-state index in [1.807, 2.05) is 6.92 Å². The molecule has 1 unspecified atom stereocenters. The standard InChI is InChI=1S/C29H52O12S3/c1-17(8-9-18(2)27(3,4)5)20-10-11-21-19-14-24(39-42(30,31)32)23-15-25(40-43(33,34)35)26(41-44(36,37)38)16-29(23,7)22(19)12-13-28(20,21)6/h17-26H,8-16H2,1-7H3,(H,30,31,32)(H,33,34,35)(H,36,37,38)/t17-,18+,19+,20?,21+,22+,23-,24+,25+,26+,28-,29-/m1/s1. The molecule has 0 aromatic carbocycles. The summed E-state index contributed by atoms with van der Waals surface area (Å²) in [5.41, 5.74) is -0.578. The maximum absolute atomic E-state index is 12.1. The quantitative estimate of drug-likeness (QED) is 0.244. The molecule has 0 saturated heterocycles. The summed E-state index contributed by atoms with van der Waals surface area (Å²) in [5.74, 6) is 1.12. The first kappa shape index (κ1) is 36.4. The zero-order valence-corrected chi connectivity index (χ0v) is 29.3. The summed E-state index contributed by atoms with van der Waals surface area (Å²) < 4.78 is 115. The average molecular weight is 689 g/mol. The maximum Gasteiger partial charge on any atom is 0.397 e. The summed E-state index contributed by atoms with van der Waals surface area (Å²) in [6, 6.07) is 0. The van der Waals surface area contributed by atoms with Gasteiger partial charge in [-0.2, -0.15) is 25.3 Å². The van der Waals surface area contributed by atoms with E-state index in [0.717, 1.165) is 38.5 Å². The Hall–Kier alpha value is -0.390. The van der Waals surface area contributed by atoms with Crippen molar-refractivity contribution in [1.82, 2.24) is 0 Å². The molecular weight excluding hydrogens is 637 g/mol. The fourth-order valence-electron chi connectivity index (χ4n) is 10.2. The van der Waals surface area contributed by atoms with Gasteiger partial charge in [-0.15, -0.1) is 0 Å². The maximum atomic E-state index is 12.1. The van der Waals surface area contributed by atoms with Crippen LogP contribution in [0, 0.1) is 57.7 Å². The zero-order chi connectivity index (χ0) is 33.3. The van der Waals surface area contributed by atoms with E-state index in [4.69, 9.17) is 12.5 Å². The van der Waals surface area contributed by atoms with Crippen molar-refractivity contribution in [3.63, 3.8) is 0 Å². The molecule has 12 atom stereocenters. The second-order valence-corrected chi connectivity index (χ2v) is 19.0. The van der Waals surface area contributed by atoms with Crippen LogP contribution in [0.1, 0.15) is 106 Å². The first-order chi connectivity index (χ1) is 19.8. The number of rotatable bonds is 10. The van der Waals surface area contributed by atoms with E-state index in [-0.39, 0.29) is 41.4 Å². The van der Waals surface area contributed by atoms with Crippen LogP contribution in [0.15, 0.2) is 0 Å². The Morgan fingerprint density at radius 2 is 1.23 bits per heavy atom. The SMILES string of the molecule is C[C@H](CC[C@H](C)C(C)(C)C)C1CC[C@H]2[C@@H]3C[C@H](OS(=O)(=O)O)[C@H]4C[C@H](OS(=O)(=O)O)[C@@H](OS(=O)(=O)O)C[C@]4(C)[C@H]3CC[C@]12C.